The van der Waals surface area contributed by atoms with E-state index in [0.29, 0.717) is 24.9 Å². The van der Waals surface area contributed by atoms with Crippen LogP contribution in [-0.4, -0.2) is 34.6 Å². The van der Waals surface area contributed by atoms with Crippen LogP contribution in [0.5, 0.6) is 0 Å². The zero-order valence-electron chi connectivity index (χ0n) is 10.9. The van der Waals surface area contributed by atoms with Gasteiger partial charge in [-0.2, -0.15) is 0 Å². The zero-order valence-corrected chi connectivity index (χ0v) is 10.9. The SMILES string of the molecule is CCCOC1C(C(C)C)CCC(C)(O)C1O. The molecule has 3 heteroatoms. The molecule has 0 saturated heterocycles. The van der Waals surface area contributed by atoms with Crippen LogP contribution in [0, 0.1) is 11.8 Å². The molecular weight excluding hydrogens is 204 g/mol. The van der Waals surface area contributed by atoms with Crippen molar-refractivity contribution >= 4 is 0 Å². The topological polar surface area (TPSA) is 49.7 Å². The Labute approximate surface area is 98.8 Å². The van der Waals surface area contributed by atoms with Crippen LogP contribution in [0.15, 0.2) is 0 Å². The van der Waals surface area contributed by atoms with Gasteiger partial charge in [-0.25, -0.2) is 0 Å². The maximum absolute atomic E-state index is 10.2. The molecule has 0 bridgehead atoms. The van der Waals surface area contributed by atoms with Gasteiger partial charge in [0.25, 0.3) is 0 Å². The van der Waals surface area contributed by atoms with Gasteiger partial charge in [-0.3, -0.25) is 0 Å². The van der Waals surface area contributed by atoms with Gasteiger partial charge in [0.15, 0.2) is 0 Å². The fraction of sp³-hybridized carbons (Fsp3) is 1.00. The fourth-order valence-electron chi connectivity index (χ4n) is 2.54. The average molecular weight is 230 g/mol. The summed E-state index contributed by atoms with van der Waals surface area (Å²) in [6.45, 7) is 8.72. The summed E-state index contributed by atoms with van der Waals surface area (Å²) < 4.78 is 5.74. The molecule has 1 aliphatic carbocycles. The molecular formula is C13H26O3. The van der Waals surface area contributed by atoms with Crippen LogP contribution in [0.25, 0.3) is 0 Å². The zero-order chi connectivity index (χ0) is 12.3. The lowest BCUT2D eigenvalue weighted by Gasteiger charge is -2.45. The van der Waals surface area contributed by atoms with Crippen LogP contribution < -0.4 is 0 Å². The Bertz CT molecular complexity index is 211. The predicted octanol–water partition coefficient (Wildman–Crippen LogP) is 1.96. The third-order valence-electron chi connectivity index (χ3n) is 3.72. The Balaban J connectivity index is 2.73. The number of aliphatic hydroxyl groups is 2. The van der Waals surface area contributed by atoms with Crippen molar-refractivity contribution in [3.8, 4) is 0 Å². The minimum Gasteiger partial charge on any atom is -0.387 e. The lowest BCUT2D eigenvalue weighted by atomic mass is 9.71. The van der Waals surface area contributed by atoms with E-state index in [2.05, 4.69) is 20.8 Å². The molecule has 0 radical (unpaired) electrons. The number of rotatable bonds is 4. The summed E-state index contributed by atoms with van der Waals surface area (Å²) in [5.41, 5.74) is -0.996. The van der Waals surface area contributed by atoms with Gasteiger partial charge < -0.3 is 14.9 Å². The lowest BCUT2D eigenvalue weighted by Crippen LogP contribution is -2.55. The summed E-state index contributed by atoms with van der Waals surface area (Å²) in [4.78, 5) is 0. The van der Waals surface area contributed by atoms with E-state index < -0.39 is 11.7 Å². The van der Waals surface area contributed by atoms with Crippen molar-refractivity contribution in [3.05, 3.63) is 0 Å². The molecule has 0 amide bonds. The second-order valence-electron chi connectivity index (χ2n) is 5.58. The Hall–Kier alpha value is -0.120. The molecule has 96 valence electrons. The Kier molecular flexibility index (Phi) is 4.77. The maximum Gasteiger partial charge on any atom is 0.109 e. The van der Waals surface area contributed by atoms with E-state index in [4.69, 9.17) is 4.74 Å². The molecule has 3 nitrogen and oxygen atoms in total. The second-order valence-corrected chi connectivity index (χ2v) is 5.58. The van der Waals surface area contributed by atoms with Crippen molar-refractivity contribution in [2.45, 2.75) is 64.8 Å². The first-order valence-corrected chi connectivity index (χ1v) is 6.42. The van der Waals surface area contributed by atoms with E-state index in [9.17, 15) is 10.2 Å². The highest BCUT2D eigenvalue weighted by Crippen LogP contribution is 2.37. The Morgan fingerprint density at radius 2 is 2.06 bits per heavy atom. The highest BCUT2D eigenvalue weighted by atomic mass is 16.5. The van der Waals surface area contributed by atoms with E-state index in [0.717, 1.165) is 12.8 Å². The molecule has 4 atom stereocenters. The minimum atomic E-state index is -0.996. The highest BCUT2D eigenvalue weighted by Gasteiger charge is 2.46. The Morgan fingerprint density at radius 3 is 2.56 bits per heavy atom. The molecule has 0 spiro atoms. The largest absolute Gasteiger partial charge is 0.387 e. The molecule has 1 fully saturated rings. The summed E-state index contributed by atoms with van der Waals surface area (Å²) in [7, 11) is 0. The molecule has 2 N–H and O–H groups in total. The molecule has 1 aliphatic rings. The van der Waals surface area contributed by atoms with E-state index in [-0.39, 0.29) is 6.10 Å². The smallest absolute Gasteiger partial charge is 0.109 e. The van der Waals surface area contributed by atoms with E-state index >= 15 is 0 Å². The van der Waals surface area contributed by atoms with E-state index in [1.165, 1.54) is 0 Å². The predicted molar refractivity (Wildman–Crippen MR) is 64.2 cm³/mol. The molecule has 0 aromatic rings. The second kappa shape index (κ2) is 5.48. The first-order valence-electron chi connectivity index (χ1n) is 6.42. The van der Waals surface area contributed by atoms with Gasteiger partial charge in [0.05, 0.1) is 11.7 Å². The quantitative estimate of drug-likeness (QED) is 0.776. The van der Waals surface area contributed by atoms with Gasteiger partial charge in [-0.15, -0.1) is 0 Å². The highest BCUT2D eigenvalue weighted by molar-refractivity contribution is 4.97. The molecule has 0 aromatic carbocycles. The van der Waals surface area contributed by atoms with E-state index in [1.54, 1.807) is 6.92 Å². The summed E-state index contributed by atoms with van der Waals surface area (Å²) in [5, 5.41) is 20.2. The van der Waals surface area contributed by atoms with Crippen molar-refractivity contribution in [2.75, 3.05) is 6.61 Å². The molecule has 1 saturated carbocycles. The number of aliphatic hydroxyl groups excluding tert-OH is 1. The van der Waals surface area contributed by atoms with Gasteiger partial charge in [0, 0.05) is 6.61 Å². The molecule has 0 heterocycles. The number of hydrogen-bond acceptors (Lipinski definition) is 3. The van der Waals surface area contributed by atoms with Crippen LogP contribution >= 0.6 is 0 Å². The standard InChI is InChI=1S/C13H26O3/c1-5-8-16-11-10(9(2)3)6-7-13(4,15)12(11)14/h9-12,14-15H,5-8H2,1-4H3. The summed E-state index contributed by atoms with van der Waals surface area (Å²) in [5.74, 6) is 0.828. The maximum atomic E-state index is 10.2. The summed E-state index contributed by atoms with van der Waals surface area (Å²) >= 11 is 0. The Morgan fingerprint density at radius 1 is 1.44 bits per heavy atom. The molecule has 0 aromatic heterocycles. The van der Waals surface area contributed by atoms with Crippen molar-refractivity contribution in [3.63, 3.8) is 0 Å². The van der Waals surface area contributed by atoms with Crippen molar-refractivity contribution in [1.82, 2.24) is 0 Å². The average Bonchev–Trinajstić information content (AvgIpc) is 2.19. The molecule has 16 heavy (non-hydrogen) atoms. The molecule has 4 unspecified atom stereocenters. The normalized spacial score (nSPS) is 40.3. The van der Waals surface area contributed by atoms with Gasteiger partial charge in [-0.05, 0) is 38.0 Å². The first-order chi connectivity index (χ1) is 7.40. The third-order valence-corrected chi connectivity index (χ3v) is 3.72. The minimum absolute atomic E-state index is 0.219. The van der Waals surface area contributed by atoms with Gasteiger partial charge in [0.2, 0.25) is 0 Å². The van der Waals surface area contributed by atoms with Crippen LogP contribution in [0.2, 0.25) is 0 Å². The first kappa shape index (κ1) is 13.9. The fourth-order valence-corrected chi connectivity index (χ4v) is 2.54. The van der Waals surface area contributed by atoms with Crippen molar-refractivity contribution < 1.29 is 14.9 Å². The van der Waals surface area contributed by atoms with Crippen LogP contribution in [0.4, 0.5) is 0 Å². The van der Waals surface area contributed by atoms with Crippen LogP contribution in [0.1, 0.15) is 47.0 Å². The third kappa shape index (κ3) is 2.96. The van der Waals surface area contributed by atoms with Gasteiger partial charge in [0.1, 0.15) is 6.10 Å². The number of ether oxygens (including phenoxy) is 1. The van der Waals surface area contributed by atoms with Gasteiger partial charge in [-0.1, -0.05) is 20.8 Å². The van der Waals surface area contributed by atoms with Crippen molar-refractivity contribution in [1.29, 1.82) is 0 Å². The van der Waals surface area contributed by atoms with Crippen LogP contribution in [0.3, 0.4) is 0 Å². The van der Waals surface area contributed by atoms with Gasteiger partial charge >= 0.3 is 0 Å². The van der Waals surface area contributed by atoms with E-state index in [1.807, 2.05) is 0 Å². The lowest BCUT2D eigenvalue weighted by molar-refractivity contribution is -0.185. The molecule has 1 rings (SSSR count). The monoisotopic (exact) mass is 230 g/mol. The number of hydrogen-bond donors (Lipinski definition) is 2. The van der Waals surface area contributed by atoms with Crippen LogP contribution in [-0.2, 0) is 4.74 Å². The summed E-state index contributed by atoms with van der Waals surface area (Å²) in [6, 6.07) is 0. The molecule has 0 aliphatic heterocycles. The summed E-state index contributed by atoms with van der Waals surface area (Å²) in [6.07, 6.45) is 1.54. The van der Waals surface area contributed by atoms with Crippen molar-refractivity contribution in [2.24, 2.45) is 11.8 Å².